The molecular formula is C15H12F4N2O2. The number of amides is 1. The van der Waals surface area contributed by atoms with E-state index in [9.17, 15) is 22.4 Å². The topological polar surface area (TPSA) is 62.2 Å². The Bertz CT molecular complexity index is 700. The van der Waals surface area contributed by atoms with E-state index < -0.39 is 30.2 Å². The molecule has 1 amide bonds. The molecule has 2 aromatic rings. The molecule has 23 heavy (non-hydrogen) atoms. The fourth-order valence-corrected chi connectivity index (χ4v) is 1.84. The van der Waals surface area contributed by atoms with Crippen molar-refractivity contribution in [1.82, 2.24) is 10.3 Å². The number of alkyl halides is 3. The van der Waals surface area contributed by atoms with Gasteiger partial charge >= 0.3 is 6.18 Å². The number of carbonyl (C=O) groups is 1. The lowest BCUT2D eigenvalue weighted by Crippen LogP contribution is -2.23. The lowest BCUT2D eigenvalue weighted by molar-refractivity contribution is -0.141. The average molecular weight is 328 g/mol. The van der Waals surface area contributed by atoms with Gasteiger partial charge in [-0.25, -0.2) is 4.39 Å². The smallest absolute Gasteiger partial charge is 0.392 e. The molecule has 1 aromatic carbocycles. The van der Waals surface area contributed by atoms with E-state index in [1.54, 1.807) is 0 Å². The van der Waals surface area contributed by atoms with Crippen LogP contribution in [0.4, 0.5) is 17.6 Å². The summed E-state index contributed by atoms with van der Waals surface area (Å²) in [5, 5.41) is 11.4. The maximum absolute atomic E-state index is 13.2. The summed E-state index contributed by atoms with van der Waals surface area (Å²) in [6, 6.07) is 5.72. The van der Waals surface area contributed by atoms with Crippen LogP contribution in [0.2, 0.25) is 0 Å². The highest BCUT2D eigenvalue weighted by molar-refractivity contribution is 5.93. The number of rotatable bonds is 4. The predicted octanol–water partition coefficient (Wildman–Crippen LogP) is 2.66. The quantitative estimate of drug-likeness (QED) is 0.848. The molecule has 0 spiro atoms. The van der Waals surface area contributed by atoms with Gasteiger partial charge in [0, 0.05) is 18.3 Å². The van der Waals surface area contributed by atoms with Crippen molar-refractivity contribution in [3.8, 4) is 0 Å². The van der Waals surface area contributed by atoms with Crippen molar-refractivity contribution in [2.75, 3.05) is 0 Å². The fraction of sp³-hybridized carbons (Fsp3) is 0.200. The molecule has 4 nitrogen and oxygen atoms in total. The van der Waals surface area contributed by atoms with Gasteiger partial charge in [0.05, 0.1) is 12.2 Å². The molecule has 1 heterocycles. The van der Waals surface area contributed by atoms with Gasteiger partial charge in [0.2, 0.25) is 0 Å². The lowest BCUT2D eigenvalue weighted by Gasteiger charge is -2.08. The van der Waals surface area contributed by atoms with Crippen molar-refractivity contribution in [1.29, 1.82) is 0 Å². The van der Waals surface area contributed by atoms with Crippen LogP contribution in [0.3, 0.4) is 0 Å². The van der Waals surface area contributed by atoms with Crippen molar-refractivity contribution in [3.05, 3.63) is 64.7 Å². The third-order valence-electron chi connectivity index (χ3n) is 3.05. The minimum Gasteiger partial charge on any atom is -0.392 e. The zero-order valence-electron chi connectivity index (χ0n) is 11.7. The molecule has 0 aliphatic rings. The van der Waals surface area contributed by atoms with Crippen LogP contribution in [0.15, 0.2) is 36.5 Å². The molecule has 2 rings (SSSR count). The van der Waals surface area contributed by atoms with Crippen LogP contribution < -0.4 is 5.32 Å². The Kier molecular flexibility index (Phi) is 4.95. The number of halogens is 4. The molecule has 1 aromatic heterocycles. The first-order valence-electron chi connectivity index (χ1n) is 6.51. The van der Waals surface area contributed by atoms with E-state index in [1.807, 2.05) is 0 Å². The number of nitrogens with one attached hydrogen (secondary N) is 1. The Hall–Kier alpha value is -2.48. The number of aliphatic hydroxyl groups is 1. The highest BCUT2D eigenvalue weighted by Gasteiger charge is 2.32. The summed E-state index contributed by atoms with van der Waals surface area (Å²) < 4.78 is 50.4. The maximum Gasteiger partial charge on any atom is 0.433 e. The van der Waals surface area contributed by atoms with E-state index in [-0.39, 0.29) is 17.7 Å². The van der Waals surface area contributed by atoms with Crippen LogP contribution >= 0.6 is 0 Å². The molecule has 0 atom stereocenters. The normalized spacial score (nSPS) is 11.3. The van der Waals surface area contributed by atoms with Crippen LogP contribution in [0, 0.1) is 5.82 Å². The van der Waals surface area contributed by atoms with Gasteiger partial charge in [0.25, 0.3) is 5.91 Å². The van der Waals surface area contributed by atoms with Gasteiger partial charge in [-0.15, -0.1) is 0 Å². The van der Waals surface area contributed by atoms with E-state index in [4.69, 9.17) is 5.11 Å². The van der Waals surface area contributed by atoms with Crippen molar-refractivity contribution in [2.24, 2.45) is 0 Å². The van der Waals surface area contributed by atoms with Gasteiger partial charge < -0.3 is 10.4 Å². The number of aliphatic hydroxyl groups excluding tert-OH is 1. The Morgan fingerprint density at radius 2 is 1.96 bits per heavy atom. The summed E-state index contributed by atoms with van der Waals surface area (Å²) in [7, 11) is 0. The zero-order valence-corrected chi connectivity index (χ0v) is 11.7. The number of benzene rings is 1. The average Bonchev–Trinajstić information content (AvgIpc) is 2.53. The van der Waals surface area contributed by atoms with E-state index >= 15 is 0 Å². The summed E-state index contributed by atoms with van der Waals surface area (Å²) in [5.74, 6) is -1.17. The Balaban J connectivity index is 2.02. The molecule has 0 radical (unpaired) electrons. The lowest BCUT2D eigenvalue weighted by atomic mass is 10.1. The molecule has 0 saturated carbocycles. The first kappa shape index (κ1) is 16.9. The van der Waals surface area contributed by atoms with Gasteiger partial charge in [-0.05, 0) is 29.8 Å². The number of hydrogen-bond donors (Lipinski definition) is 2. The maximum atomic E-state index is 13.2. The highest BCUT2D eigenvalue weighted by atomic mass is 19.4. The van der Waals surface area contributed by atoms with Crippen molar-refractivity contribution >= 4 is 5.91 Å². The standard InChI is InChI=1S/C15H12F4N2O2/c16-12-3-1-9(5-11(12)8-22)6-21-14(23)10-2-4-13(20-7-10)15(17,18)19/h1-5,7,22H,6,8H2,(H,21,23). The van der Waals surface area contributed by atoms with E-state index in [1.165, 1.54) is 12.1 Å². The Morgan fingerprint density at radius 1 is 1.22 bits per heavy atom. The molecule has 0 saturated heterocycles. The van der Waals surface area contributed by atoms with Gasteiger partial charge in [-0.2, -0.15) is 13.2 Å². The Labute approximate surface area is 128 Å². The van der Waals surface area contributed by atoms with E-state index in [2.05, 4.69) is 10.3 Å². The van der Waals surface area contributed by atoms with Crippen LogP contribution in [-0.2, 0) is 19.3 Å². The summed E-state index contributed by atoms with van der Waals surface area (Å²) in [6.45, 7) is -0.441. The second-order valence-electron chi connectivity index (χ2n) is 4.70. The largest absolute Gasteiger partial charge is 0.433 e. The number of hydrogen-bond acceptors (Lipinski definition) is 3. The molecular weight excluding hydrogens is 316 g/mol. The molecule has 0 unspecified atom stereocenters. The highest BCUT2D eigenvalue weighted by Crippen LogP contribution is 2.27. The van der Waals surface area contributed by atoms with Gasteiger partial charge in [-0.1, -0.05) is 6.07 Å². The zero-order chi connectivity index (χ0) is 17.0. The van der Waals surface area contributed by atoms with Crippen LogP contribution in [0.1, 0.15) is 27.2 Å². The van der Waals surface area contributed by atoms with Crippen molar-refractivity contribution in [2.45, 2.75) is 19.3 Å². The van der Waals surface area contributed by atoms with E-state index in [0.717, 1.165) is 24.4 Å². The van der Waals surface area contributed by atoms with Gasteiger partial charge in [0.1, 0.15) is 11.5 Å². The summed E-state index contributed by atoms with van der Waals surface area (Å²) in [5.41, 5.74) is -0.473. The molecule has 122 valence electrons. The van der Waals surface area contributed by atoms with Gasteiger partial charge in [0.15, 0.2) is 0 Å². The van der Waals surface area contributed by atoms with E-state index in [0.29, 0.717) is 5.56 Å². The summed E-state index contributed by atoms with van der Waals surface area (Å²) in [6.07, 6.45) is -3.73. The number of carbonyl (C=O) groups excluding carboxylic acids is 1. The summed E-state index contributed by atoms with van der Waals surface area (Å²) >= 11 is 0. The molecule has 0 fully saturated rings. The number of pyridine rings is 1. The molecule has 0 aliphatic carbocycles. The second kappa shape index (κ2) is 6.74. The Morgan fingerprint density at radius 3 is 2.52 bits per heavy atom. The second-order valence-corrected chi connectivity index (χ2v) is 4.70. The molecule has 2 N–H and O–H groups in total. The number of nitrogens with zero attached hydrogens (tertiary/aromatic N) is 1. The minimum absolute atomic E-state index is 0.0255. The fourth-order valence-electron chi connectivity index (χ4n) is 1.84. The van der Waals surface area contributed by atoms with Crippen LogP contribution in [-0.4, -0.2) is 16.0 Å². The van der Waals surface area contributed by atoms with Crippen LogP contribution in [0.25, 0.3) is 0 Å². The first-order chi connectivity index (χ1) is 10.8. The third kappa shape index (κ3) is 4.26. The van der Waals surface area contributed by atoms with Crippen LogP contribution in [0.5, 0.6) is 0 Å². The monoisotopic (exact) mass is 328 g/mol. The number of aromatic nitrogens is 1. The first-order valence-corrected chi connectivity index (χ1v) is 6.51. The molecule has 0 bridgehead atoms. The SMILES string of the molecule is O=C(NCc1ccc(F)c(CO)c1)c1ccc(C(F)(F)F)nc1. The summed E-state index contributed by atoms with van der Waals surface area (Å²) in [4.78, 5) is 15.0. The van der Waals surface area contributed by atoms with Crippen molar-refractivity contribution in [3.63, 3.8) is 0 Å². The third-order valence-corrected chi connectivity index (χ3v) is 3.05. The predicted molar refractivity (Wildman–Crippen MR) is 72.7 cm³/mol. The molecule has 0 aliphatic heterocycles. The van der Waals surface area contributed by atoms with Gasteiger partial charge in [-0.3, -0.25) is 9.78 Å². The minimum atomic E-state index is -4.57. The molecule has 8 heteroatoms. The van der Waals surface area contributed by atoms with Crippen molar-refractivity contribution < 1.29 is 27.5 Å².